The first-order chi connectivity index (χ1) is 18.4. The van der Waals surface area contributed by atoms with E-state index in [9.17, 15) is 14.0 Å². The van der Waals surface area contributed by atoms with Crippen molar-refractivity contribution < 1.29 is 16.8 Å². The van der Waals surface area contributed by atoms with E-state index in [0.29, 0.717) is 22.9 Å². The van der Waals surface area contributed by atoms with E-state index in [-0.39, 0.29) is 33.0 Å². The minimum Gasteiger partial charge on any atom is -0.369 e. The Kier molecular flexibility index (Phi) is 7.69. The molecule has 3 aromatic rings. The monoisotopic (exact) mass is 519 g/mol. The number of aromatic nitrogens is 1. The minimum atomic E-state index is -0.474. The predicted molar refractivity (Wildman–Crippen MR) is 151 cm³/mol. The molecule has 1 aromatic heterocycles. The van der Waals surface area contributed by atoms with Gasteiger partial charge in [-0.05, 0) is 74.2 Å². The number of rotatable bonds is 8. The van der Waals surface area contributed by atoms with Gasteiger partial charge in [0.2, 0.25) is 5.91 Å². The summed E-state index contributed by atoms with van der Waals surface area (Å²) < 4.78 is 14.7. The van der Waals surface area contributed by atoms with Crippen LogP contribution in [0.15, 0.2) is 67.0 Å². The smallest absolute Gasteiger partial charge is 0.251 e. The van der Waals surface area contributed by atoms with E-state index in [4.69, 9.17) is 0 Å². The number of carbonyl (C=O) groups is 2. The molecular weight excluding hydrogens is 481 g/mol. The summed E-state index contributed by atoms with van der Waals surface area (Å²) in [5.41, 5.74) is 3.45. The molecule has 8 heteroatoms. The number of benzene rings is 2. The molecule has 0 spiro atoms. The second kappa shape index (κ2) is 11.3. The molecule has 0 radical (unpaired) electrons. The van der Waals surface area contributed by atoms with Crippen molar-refractivity contribution in [2.45, 2.75) is 38.8 Å². The second-order valence-corrected chi connectivity index (χ2v) is 10.4. The zero-order valence-electron chi connectivity index (χ0n) is 21.9. The Morgan fingerprint density at radius 1 is 1.08 bits per heavy atom. The van der Waals surface area contributed by atoms with Crippen LogP contribution >= 0.6 is 0 Å². The average molecular weight is 520 g/mol. The van der Waals surface area contributed by atoms with Crippen LogP contribution in [0.4, 0.5) is 15.8 Å². The molecule has 0 bridgehead atoms. The number of amides is 2. The number of hydrogen-bond donors (Lipinski definition) is 2. The van der Waals surface area contributed by atoms with E-state index in [2.05, 4.69) is 39.3 Å². The molecule has 0 unspecified atom stereocenters. The van der Waals surface area contributed by atoms with E-state index in [0.717, 1.165) is 43.9 Å². The van der Waals surface area contributed by atoms with Crippen LogP contribution in [0.1, 0.15) is 50.5 Å². The summed E-state index contributed by atoms with van der Waals surface area (Å²) in [5.74, 6) is -0.819. The lowest BCUT2D eigenvalue weighted by Gasteiger charge is -2.38. The Labute approximate surface area is 226 Å². The van der Waals surface area contributed by atoms with Crippen molar-refractivity contribution in [3.63, 3.8) is 0 Å². The zero-order valence-corrected chi connectivity index (χ0v) is 21.9. The van der Waals surface area contributed by atoms with Crippen LogP contribution in [0.3, 0.4) is 0 Å². The van der Waals surface area contributed by atoms with Crippen molar-refractivity contribution in [3.8, 4) is 0 Å². The Bertz CT molecular complexity index is 1290. The zero-order chi connectivity index (χ0) is 26.6. The summed E-state index contributed by atoms with van der Waals surface area (Å²) >= 11 is 0. The van der Waals surface area contributed by atoms with E-state index >= 15 is 0 Å². The highest BCUT2D eigenvalue weighted by atomic mass is 19.1. The first-order valence-corrected chi connectivity index (χ1v) is 13.3. The highest BCUT2D eigenvalue weighted by Crippen LogP contribution is 2.47. The van der Waals surface area contributed by atoms with Crippen molar-refractivity contribution in [1.29, 1.82) is 0 Å². The van der Waals surface area contributed by atoms with Crippen LogP contribution < -0.4 is 15.5 Å². The van der Waals surface area contributed by atoms with Crippen LogP contribution in [0.5, 0.6) is 0 Å². The third-order valence-corrected chi connectivity index (χ3v) is 7.54. The summed E-state index contributed by atoms with van der Waals surface area (Å²) in [7, 11) is 0. The van der Waals surface area contributed by atoms with Gasteiger partial charge in [0.25, 0.3) is 5.91 Å². The van der Waals surface area contributed by atoms with Gasteiger partial charge < -0.3 is 15.5 Å². The van der Waals surface area contributed by atoms with Gasteiger partial charge >= 0.3 is 0 Å². The lowest BCUT2D eigenvalue weighted by molar-refractivity contribution is -0.117. The van der Waals surface area contributed by atoms with Gasteiger partial charge in [-0.25, -0.2) is 4.39 Å². The molecule has 1 aliphatic heterocycles. The van der Waals surface area contributed by atoms with Gasteiger partial charge in [0, 0.05) is 82.4 Å². The molecule has 7 nitrogen and oxygen atoms in total. The first kappa shape index (κ1) is 25.9. The Balaban J connectivity index is 0.00000220. The van der Waals surface area contributed by atoms with Gasteiger partial charge in [-0.1, -0.05) is 12.1 Å². The summed E-state index contributed by atoms with van der Waals surface area (Å²) in [4.78, 5) is 34.1. The molecule has 38 heavy (non-hydrogen) atoms. The summed E-state index contributed by atoms with van der Waals surface area (Å²) in [6.45, 7) is 8.48. The van der Waals surface area contributed by atoms with Crippen LogP contribution in [0.25, 0.3) is 0 Å². The Morgan fingerprint density at radius 2 is 1.84 bits per heavy atom. The molecule has 2 fully saturated rings. The lowest BCUT2D eigenvalue weighted by Crippen LogP contribution is -2.48. The number of pyridine rings is 1. The summed E-state index contributed by atoms with van der Waals surface area (Å²) in [6, 6.07) is 16.5. The fraction of sp³-hybridized carbons (Fsp3) is 0.367. The van der Waals surface area contributed by atoms with Crippen molar-refractivity contribution in [2.24, 2.45) is 5.92 Å². The predicted octanol–water partition coefficient (Wildman–Crippen LogP) is 4.92. The van der Waals surface area contributed by atoms with Crippen molar-refractivity contribution in [2.75, 3.05) is 36.4 Å². The van der Waals surface area contributed by atoms with Crippen molar-refractivity contribution >= 4 is 23.2 Å². The average Bonchev–Trinajstić information content (AvgIpc) is 3.75. The molecule has 5 rings (SSSR count). The number of anilines is 2. The molecule has 2 heterocycles. The van der Waals surface area contributed by atoms with Gasteiger partial charge in [0.05, 0.1) is 0 Å². The largest absolute Gasteiger partial charge is 0.369 e. The number of halogens is 1. The van der Waals surface area contributed by atoms with Gasteiger partial charge in [-0.3, -0.25) is 19.5 Å². The van der Waals surface area contributed by atoms with Crippen LogP contribution in [-0.4, -0.2) is 53.9 Å². The highest BCUT2D eigenvalue weighted by Gasteiger charge is 2.44. The molecular formula is C30H38FN5O2. The quantitative estimate of drug-likeness (QED) is 0.442. The molecule has 1 saturated heterocycles. The highest BCUT2D eigenvalue weighted by molar-refractivity contribution is 5.95. The maximum absolute atomic E-state index is 14.7. The SMILES string of the molecule is CC(C)N1CCN(c2ccc(C(=O)NCc3ccc(NC(=O)[C@H]4C[C@@H]4c4cccnc4)cc3F)cc2)CC1.[HH].[HH]. The molecule has 2 atom stereocenters. The van der Waals surface area contributed by atoms with E-state index in [1.54, 1.807) is 24.5 Å². The molecule has 2 aliphatic rings. The summed E-state index contributed by atoms with van der Waals surface area (Å²) in [6.07, 6.45) is 4.25. The Morgan fingerprint density at radius 3 is 2.50 bits per heavy atom. The molecule has 2 aromatic carbocycles. The van der Waals surface area contributed by atoms with Crippen LogP contribution in [0, 0.1) is 11.7 Å². The van der Waals surface area contributed by atoms with Gasteiger partial charge in [-0.15, -0.1) is 0 Å². The third kappa shape index (κ3) is 6.02. The number of hydrogen-bond acceptors (Lipinski definition) is 5. The topological polar surface area (TPSA) is 77.6 Å². The van der Waals surface area contributed by atoms with E-state index < -0.39 is 5.82 Å². The summed E-state index contributed by atoms with van der Waals surface area (Å²) in [5, 5.41) is 5.60. The molecule has 1 saturated carbocycles. The van der Waals surface area contributed by atoms with E-state index in [1.165, 1.54) is 6.07 Å². The molecule has 2 N–H and O–H groups in total. The maximum Gasteiger partial charge on any atom is 0.251 e. The van der Waals surface area contributed by atoms with Crippen molar-refractivity contribution in [1.82, 2.24) is 15.2 Å². The maximum atomic E-state index is 14.7. The van der Waals surface area contributed by atoms with Gasteiger partial charge in [0.15, 0.2) is 0 Å². The fourth-order valence-electron chi connectivity index (χ4n) is 5.05. The normalized spacial score (nSPS) is 19.3. The minimum absolute atomic E-state index is 0. The molecule has 202 valence electrons. The van der Waals surface area contributed by atoms with Crippen LogP contribution in [-0.2, 0) is 11.3 Å². The fourth-order valence-corrected chi connectivity index (χ4v) is 5.05. The van der Waals surface area contributed by atoms with Crippen LogP contribution in [0.2, 0.25) is 0 Å². The first-order valence-electron chi connectivity index (χ1n) is 13.3. The number of nitrogens with zero attached hydrogens (tertiary/aromatic N) is 3. The second-order valence-electron chi connectivity index (χ2n) is 10.4. The third-order valence-electron chi connectivity index (χ3n) is 7.54. The lowest BCUT2D eigenvalue weighted by atomic mass is 10.1. The van der Waals surface area contributed by atoms with Crippen molar-refractivity contribution in [3.05, 3.63) is 89.5 Å². The molecule has 2 amide bonds. The Hall–Kier alpha value is -3.78. The number of nitrogens with one attached hydrogen (secondary N) is 2. The van der Waals surface area contributed by atoms with Gasteiger partial charge in [0.1, 0.15) is 5.82 Å². The number of carbonyl (C=O) groups excluding carboxylic acids is 2. The standard InChI is InChI=1S/C30H34FN5O2.2H2/c1-20(2)35-12-14-36(15-13-35)25-9-6-21(7-10-25)29(37)33-19-23-5-8-24(16-28(23)31)34-30(38)27-17-26(27)22-4-3-11-32-18-22;;/h3-11,16,18,20,26-27H,12-15,17,19H2,1-2H3,(H,33,37)(H,34,38);2*1H/t26-,27+;;/m1../s1. The van der Waals surface area contributed by atoms with E-state index in [1.807, 2.05) is 36.4 Å². The number of piperazine rings is 1. The van der Waals surface area contributed by atoms with Gasteiger partial charge in [-0.2, -0.15) is 0 Å². The molecule has 1 aliphatic carbocycles.